The molecule has 13 heteroatoms. The Labute approximate surface area is 176 Å². The van der Waals surface area contributed by atoms with Crippen molar-refractivity contribution in [2.75, 3.05) is 44.7 Å². The van der Waals surface area contributed by atoms with Crippen LogP contribution in [-0.2, 0) is 35.1 Å². The number of hydrogen-bond donors (Lipinski definition) is 1. The molecule has 2 aliphatic heterocycles. The van der Waals surface area contributed by atoms with Gasteiger partial charge < -0.3 is 19.6 Å². The molecule has 1 aromatic rings. The van der Waals surface area contributed by atoms with Crippen molar-refractivity contribution in [2.45, 2.75) is 19.8 Å². The Kier molecular flexibility index (Phi) is 8.21. The van der Waals surface area contributed by atoms with E-state index in [1.54, 1.807) is 0 Å². The van der Waals surface area contributed by atoms with E-state index in [9.17, 15) is 19.2 Å². The van der Waals surface area contributed by atoms with Gasteiger partial charge in [-0.3, -0.25) is 28.9 Å². The highest BCUT2D eigenvalue weighted by atomic mass is 32.1. The van der Waals surface area contributed by atoms with E-state index in [1.807, 2.05) is 6.92 Å². The molecule has 3 heterocycles. The van der Waals surface area contributed by atoms with Crippen LogP contribution in [0.25, 0.3) is 0 Å². The molecule has 0 spiro atoms. The zero-order chi connectivity index (χ0) is 22.3. The quantitative estimate of drug-likeness (QED) is 0.448. The molecule has 3 rings (SSSR count). The van der Waals surface area contributed by atoms with Crippen molar-refractivity contribution in [3.63, 3.8) is 0 Å². The monoisotopic (exact) mass is 441 g/mol. The number of anilines is 1. The minimum absolute atomic E-state index is 0.0937. The van der Waals surface area contributed by atoms with Gasteiger partial charge in [-0.1, -0.05) is 18.3 Å². The summed E-state index contributed by atoms with van der Waals surface area (Å²) in [6, 6.07) is 0. The standard InChI is InChI=1S/C16H21N5O5S.CH2O2/c1-3-11-17-18-16(27-11)21-7-10(6-12(21)22)15(25)20-5-4-19(13(23)8-20)9-14(24)26-2;2-1-3/h10H,3-9H2,1-2H3;1H,(H,2,3). The zero-order valence-electron chi connectivity index (χ0n) is 16.6. The van der Waals surface area contributed by atoms with Crippen LogP contribution in [0.1, 0.15) is 18.4 Å². The van der Waals surface area contributed by atoms with Gasteiger partial charge in [0, 0.05) is 26.1 Å². The lowest BCUT2D eigenvalue weighted by molar-refractivity contribution is -0.152. The summed E-state index contributed by atoms with van der Waals surface area (Å²) in [5.74, 6) is -1.70. The molecule has 1 aromatic heterocycles. The van der Waals surface area contributed by atoms with E-state index in [0.717, 1.165) is 11.4 Å². The minimum Gasteiger partial charge on any atom is -0.483 e. The van der Waals surface area contributed by atoms with Crippen LogP contribution in [0, 0.1) is 5.92 Å². The Bertz CT molecular complexity index is 814. The number of carbonyl (C=O) groups excluding carboxylic acids is 4. The van der Waals surface area contributed by atoms with Gasteiger partial charge in [0.25, 0.3) is 6.47 Å². The molecule has 3 amide bonds. The lowest BCUT2D eigenvalue weighted by Crippen LogP contribution is -2.54. The van der Waals surface area contributed by atoms with Crippen molar-refractivity contribution in [2.24, 2.45) is 5.92 Å². The Morgan fingerprint density at radius 2 is 1.97 bits per heavy atom. The first-order chi connectivity index (χ1) is 14.3. The van der Waals surface area contributed by atoms with E-state index >= 15 is 0 Å². The number of piperazine rings is 1. The van der Waals surface area contributed by atoms with Gasteiger partial charge in [0.1, 0.15) is 11.6 Å². The SMILES string of the molecule is CCc1nnc(N2CC(C(=O)N3CCN(CC(=O)OC)C(=O)C3)CC2=O)s1.O=CO. The molecule has 2 fully saturated rings. The second kappa shape index (κ2) is 10.6. The summed E-state index contributed by atoms with van der Waals surface area (Å²) in [4.78, 5) is 61.3. The Balaban J connectivity index is 0.00000101. The number of nitrogens with zero attached hydrogens (tertiary/aromatic N) is 5. The predicted octanol–water partition coefficient (Wildman–Crippen LogP) is -1.00. The van der Waals surface area contributed by atoms with Crippen LogP contribution >= 0.6 is 11.3 Å². The first-order valence-electron chi connectivity index (χ1n) is 9.18. The molecule has 0 radical (unpaired) electrons. The van der Waals surface area contributed by atoms with Gasteiger partial charge in [-0.25, -0.2) is 0 Å². The van der Waals surface area contributed by atoms with Crippen LogP contribution in [-0.4, -0.2) is 95.1 Å². The number of amides is 3. The maximum atomic E-state index is 12.8. The van der Waals surface area contributed by atoms with Crippen LogP contribution < -0.4 is 4.90 Å². The third-order valence-electron chi connectivity index (χ3n) is 4.64. The van der Waals surface area contributed by atoms with Gasteiger partial charge in [-0.05, 0) is 6.42 Å². The van der Waals surface area contributed by atoms with Crippen molar-refractivity contribution < 1.29 is 33.8 Å². The third-order valence-corrected chi connectivity index (χ3v) is 5.73. The number of aromatic nitrogens is 2. The fourth-order valence-electron chi connectivity index (χ4n) is 3.10. The second-order valence-corrected chi connectivity index (χ2v) is 7.53. The highest BCUT2D eigenvalue weighted by Crippen LogP contribution is 2.29. The summed E-state index contributed by atoms with van der Waals surface area (Å²) in [7, 11) is 1.26. The predicted molar refractivity (Wildman–Crippen MR) is 104 cm³/mol. The van der Waals surface area contributed by atoms with Crippen molar-refractivity contribution in [1.82, 2.24) is 20.0 Å². The number of rotatable bonds is 5. The Hall–Kier alpha value is -3.09. The fourth-order valence-corrected chi connectivity index (χ4v) is 3.90. The number of carbonyl (C=O) groups is 5. The van der Waals surface area contributed by atoms with E-state index < -0.39 is 11.9 Å². The molecule has 1 unspecified atom stereocenters. The highest BCUT2D eigenvalue weighted by molar-refractivity contribution is 7.15. The van der Waals surface area contributed by atoms with Gasteiger partial charge in [0.05, 0.1) is 19.6 Å². The lowest BCUT2D eigenvalue weighted by Gasteiger charge is -2.34. The summed E-state index contributed by atoms with van der Waals surface area (Å²) in [6.45, 7) is 2.32. The molecule has 30 heavy (non-hydrogen) atoms. The summed E-state index contributed by atoms with van der Waals surface area (Å²) >= 11 is 1.35. The second-order valence-electron chi connectivity index (χ2n) is 6.49. The van der Waals surface area contributed by atoms with Gasteiger partial charge in [-0.15, -0.1) is 10.2 Å². The number of methoxy groups -OCH3 is 1. The van der Waals surface area contributed by atoms with Gasteiger partial charge in [0.2, 0.25) is 22.9 Å². The molecule has 2 saturated heterocycles. The van der Waals surface area contributed by atoms with Crippen LogP contribution in [0.4, 0.5) is 5.13 Å². The maximum absolute atomic E-state index is 12.8. The van der Waals surface area contributed by atoms with E-state index in [1.165, 1.54) is 33.1 Å². The van der Waals surface area contributed by atoms with Crippen LogP contribution in [0.15, 0.2) is 0 Å². The van der Waals surface area contributed by atoms with E-state index in [2.05, 4.69) is 14.9 Å². The van der Waals surface area contributed by atoms with E-state index in [0.29, 0.717) is 11.7 Å². The summed E-state index contributed by atoms with van der Waals surface area (Å²) in [6.07, 6.45) is 0.830. The summed E-state index contributed by atoms with van der Waals surface area (Å²) in [5.41, 5.74) is 0. The number of ether oxygens (including phenoxy) is 1. The molecule has 0 aliphatic carbocycles. The van der Waals surface area contributed by atoms with Crippen LogP contribution in [0.3, 0.4) is 0 Å². The van der Waals surface area contributed by atoms with Crippen molar-refractivity contribution >= 4 is 46.6 Å². The lowest BCUT2D eigenvalue weighted by atomic mass is 10.1. The molecular formula is C17H23N5O7S. The van der Waals surface area contributed by atoms with Crippen LogP contribution in [0.5, 0.6) is 0 Å². The molecule has 0 bridgehead atoms. The Morgan fingerprint density at radius 3 is 2.53 bits per heavy atom. The topological polar surface area (TPSA) is 150 Å². The average Bonchev–Trinajstić information content (AvgIpc) is 3.35. The van der Waals surface area contributed by atoms with Crippen LogP contribution in [0.2, 0.25) is 0 Å². The first-order valence-corrected chi connectivity index (χ1v) is 10.00. The third kappa shape index (κ3) is 5.49. The van der Waals surface area contributed by atoms with E-state index in [4.69, 9.17) is 9.90 Å². The van der Waals surface area contributed by atoms with E-state index in [-0.39, 0.29) is 56.8 Å². The molecule has 2 aliphatic rings. The normalized spacial score (nSPS) is 18.7. The fraction of sp³-hybridized carbons (Fsp3) is 0.588. The molecule has 164 valence electrons. The smallest absolute Gasteiger partial charge is 0.325 e. The number of carboxylic acid groups (broad SMARTS) is 1. The molecule has 0 aromatic carbocycles. The summed E-state index contributed by atoms with van der Waals surface area (Å²) < 4.78 is 4.57. The maximum Gasteiger partial charge on any atom is 0.325 e. The van der Waals surface area contributed by atoms with Crippen molar-refractivity contribution in [1.29, 1.82) is 0 Å². The number of esters is 1. The Morgan fingerprint density at radius 1 is 1.27 bits per heavy atom. The first kappa shape index (κ1) is 23.2. The zero-order valence-corrected chi connectivity index (χ0v) is 17.5. The molecular weight excluding hydrogens is 418 g/mol. The van der Waals surface area contributed by atoms with Gasteiger partial charge >= 0.3 is 5.97 Å². The molecule has 1 N–H and O–H groups in total. The van der Waals surface area contributed by atoms with Gasteiger partial charge in [-0.2, -0.15) is 0 Å². The summed E-state index contributed by atoms with van der Waals surface area (Å²) in [5, 5.41) is 16.3. The van der Waals surface area contributed by atoms with Crippen molar-refractivity contribution in [3.05, 3.63) is 5.01 Å². The molecule has 1 atom stereocenters. The van der Waals surface area contributed by atoms with Gasteiger partial charge in [0.15, 0.2) is 0 Å². The minimum atomic E-state index is -0.508. The average molecular weight is 441 g/mol. The number of aryl methyl sites for hydroxylation is 1. The number of hydrogen-bond acceptors (Lipinski definition) is 9. The van der Waals surface area contributed by atoms with Crippen molar-refractivity contribution in [3.8, 4) is 0 Å². The molecule has 12 nitrogen and oxygen atoms in total. The highest BCUT2D eigenvalue weighted by Gasteiger charge is 2.40. The largest absolute Gasteiger partial charge is 0.483 e. The molecule has 0 saturated carbocycles.